The van der Waals surface area contributed by atoms with Gasteiger partial charge in [-0.2, -0.15) is 5.26 Å². The van der Waals surface area contributed by atoms with Gasteiger partial charge in [0.2, 0.25) is 0 Å². The number of nitrogens with zero attached hydrogens (tertiary/aromatic N) is 2. The van der Waals surface area contributed by atoms with Crippen molar-refractivity contribution < 1.29 is 14.3 Å². The van der Waals surface area contributed by atoms with Crippen molar-refractivity contribution in [2.75, 3.05) is 13.2 Å². The maximum absolute atomic E-state index is 12.5. The summed E-state index contributed by atoms with van der Waals surface area (Å²) in [6.45, 7) is 7.16. The first-order chi connectivity index (χ1) is 12.9. The zero-order chi connectivity index (χ0) is 19.2. The van der Waals surface area contributed by atoms with E-state index in [4.69, 9.17) is 9.47 Å². The zero-order valence-electron chi connectivity index (χ0n) is 16.2. The number of aromatic nitrogens is 1. The monoisotopic (exact) mass is 366 g/mol. The van der Waals surface area contributed by atoms with Crippen molar-refractivity contribution in [3.05, 3.63) is 41.2 Å². The number of nitriles is 1. The first kappa shape index (κ1) is 18.1. The Balaban J connectivity index is 1.79. The molecule has 4 rings (SSSR count). The average Bonchev–Trinajstić information content (AvgIpc) is 3.33. The summed E-state index contributed by atoms with van der Waals surface area (Å²) in [5.41, 5.74) is 2.86. The highest BCUT2D eigenvalue weighted by Crippen LogP contribution is 2.49. The topological polar surface area (TPSA) is 63.7 Å². The second-order valence-electron chi connectivity index (χ2n) is 8.37. The van der Waals surface area contributed by atoms with E-state index in [1.54, 1.807) is 6.92 Å². The SMILES string of the molecule is CCOC(=O)c1cc2cc([C@H]3CCOC(C)(C)C3)ccn2c1C1(C#N)CC1. The summed E-state index contributed by atoms with van der Waals surface area (Å²) < 4.78 is 13.1. The molecule has 0 aromatic carbocycles. The lowest BCUT2D eigenvalue weighted by molar-refractivity contribution is -0.0593. The van der Waals surface area contributed by atoms with E-state index in [1.807, 2.05) is 16.7 Å². The van der Waals surface area contributed by atoms with Gasteiger partial charge < -0.3 is 13.9 Å². The van der Waals surface area contributed by atoms with Crippen LogP contribution in [0.4, 0.5) is 0 Å². The minimum atomic E-state index is -0.559. The summed E-state index contributed by atoms with van der Waals surface area (Å²) in [5.74, 6) is 0.0977. The smallest absolute Gasteiger partial charge is 0.340 e. The van der Waals surface area contributed by atoms with E-state index in [0.717, 1.165) is 43.5 Å². The second kappa shape index (κ2) is 6.38. The molecule has 0 N–H and O–H groups in total. The van der Waals surface area contributed by atoms with Crippen LogP contribution in [0.3, 0.4) is 0 Å². The zero-order valence-corrected chi connectivity index (χ0v) is 16.2. The molecule has 2 aliphatic rings. The molecular weight excluding hydrogens is 340 g/mol. The lowest BCUT2D eigenvalue weighted by atomic mass is 9.84. The van der Waals surface area contributed by atoms with Crippen molar-refractivity contribution in [2.24, 2.45) is 0 Å². The molecule has 2 aromatic heterocycles. The molecule has 0 bridgehead atoms. The lowest BCUT2D eigenvalue weighted by Gasteiger charge is -2.35. The van der Waals surface area contributed by atoms with Crippen LogP contribution in [0.15, 0.2) is 24.4 Å². The van der Waals surface area contributed by atoms with E-state index in [9.17, 15) is 10.1 Å². The van der Waals surface area contributed by atoms with Crippen LogP contribution in [0, 0.1) is 11.3 Å². The molecule has 2 fully saturated rings. The van der Waals surface area contributed by atoms with Crippen LogP contribution >= 0.6 is 0 Å². The average molecular weight is 366 g/mol. The predicted molar refractivity (Wildman–Crippen MR) is 102 cm³/mol. The van der Waals surface area contributed by atoms with Crippen molar-refractivity contribution in [1.82, 2.24) is 4.40 Å². The molecule has 1 saturated carbocycles. The van der Waals surface area contributed by atoms with Gasteiger partial charge in [0.15, 0.2) is 0 Å². The van der Waals surface area contributed by atoms with Gasteiger partial charge in [0.25, 0.3) is 0 Å². The third-order valence-electron chi connectivity index (χ3n) is 5.88. The summed E-state index contributed by atoms with van der Waals surface area (Å²) in [7, 11) is 0. The van der Waals surface area contributed by atoms with Crippen LogP contribution in [-0.2, 0) is 14.9 Å². The summed E-state index contributed by atoms with van der Waals surface area (Å²) in [6, 6.07) is 8.60. The quantitative estimate of drug-likeness (QED) is 0.755. The van der Waals surface area contributed by atoms with Crippen molar-refractivity contribution in [2.45, 2.75) is 63.4 Å². The molecule has 0 radical (unpaired) electrons. The number of rotatable bonds is 4. The molecule has 0 unspecified atom stereocenters. The number of ether oxygens (including phenoxy) is 2. The first-order valence-electron chi connectivity index (χ1n) is 9.77. The predicted octanol–water partition coefficient (Wildman–Crippen LogP) is 4.34. The molecule has 0 spiro atoms. The Morgan fingerprint density at radius 3 is 2.81 bits per heavy atom. The molecule has 5 heteroatoms. The molecule has 27 heavy (non-hydrogen) atoms. The van der Waals surface area contributed by atoms with E-state index in [-0.39, 0.29) is 11.6 Å². The van der Waals surface area contributed by atoms with Gasteiger partial charge >= 0.3 is 5.97 Å². The molecule has 3 heterocycles. The Labute approximate surface area is 159 Å². The van der Waals surface area contributed by atoms with Crippen molar-refractivity contribution in [1.29, 1.82) is 5.26 Å². The second-order valence-corrected chi connectivity index (χ2v) is 8.37. The molecule has 142 valence electrons. The standard InChI is InChI=1S/C22H26N2O3/c1-4-26-20(25)18-12-17-11-15(16-6-10-27-21(2,3)13-16)5-9-24(17)19(18)22(14-23)7-8-22/h5,9,11-12,16H,4,6-8,10,13H2,1-3H3/t16-/m0/s1. The third-order valence-corrected chi connectivity index (χ3v) is 5.88. The normalized spacial score (nSPS) is 23.0. The fraction of sp³-hybridized carbons (Fsp3) is 0.545. The maximum atomic E-state index is 12.5. The maximum Gasteiger partial charge on any atom is 0.340 e. The molecule has 1 saturated heterocycles. The third kappa shape index (κ3) is 3.12. The number of hydrogen-bond acceptors (Lipinski definition) is 4. The van der Waals surface area contributed by atoms with E-state index >= 15 is 0 Å². The Hall–Kier alpha value is -2.32. The minimum absolute atomic E-state index is 0.114. The van der Waals surface area contributed by atoms with Gasteiger partial charge in [0.05, 0.1) is 34.9 Å². The number of carbonyl (C=O) groups is 1. The Morgan fingerprint density at radius 1 is 1.41 bits per heavy atom. The van der Waals surface area contributed by atoms with Gasteiger partial charge in [-0.3, -0.25) is 0 Å². The van der Waals surface area contributed by atoms with E-state index < -0.39 is 5.41 Å². The number of hydrogen-bond donors (Lipinski definition) is 0. The fourth-order valence-electron chi connectivity index (χ4n) is 4.35. The van der Waals surface area contributed by atoms with Crippen LogP contribution < -0.4 is 0 Å². The van der Waals surface area contributed by atoms with E-state index in [2.05, 4.69) is 32.0 Å². The van der Waals surface area contributed by atoms with Crippen LogP contribution in [0.2, 0.25) is 0 Å². The molecule has 1 atom stereocenters. The number of pyridine rings is 1. The van der Waals surface area contributed by atoms with Gasteiger partial charge in [-0.25, -0.2) is 4.79 Å². The first-order valence-corrected chi connectivity index (χ1v) is 9.77. The Kier molecular flexibility index (Phi) is 4.27. The molecular formula is C22H26N2O3. The number of carbonyl (C=O) groups excluding carboxylic acids is 1. The molecule has 0 amide bonds. The molecule has 5 nitrogen and oxygen atoms in total. The lowest BCUT2D eigenvalue weighted by Crippen LogP contribution is -2.33. The highest BCUT2D eigenvalue weighted by Gasteiger charge is 2.49. The minimum Gasteiger partial charge on any atom is -0.462 e. The highest BCUT2D eigenvalue weighted by molar-refractivity contribution is 5.94. The summed E-state index contributed by atoms with van der Waals surface area (Å²) >= 11 is 0. The van der Waals surface area contributed by atoms with Crippen LogP contribution in [0.1, 0.15) is 74.0 Å². The summed E-state index contributed by atoms with van der Waals surface area (Å²) in [5, 5.41) is 9.71. The molecule has 2 aromatic rings. The summed E-state index contributed by atoms with van der Waals surface area (Å²) in [4.78, 5) is 12.5. The summed E-state index contributed by atoms with van der Waals surface area (Å²) in [6.07, 6.45) is 5.57. The molecule has 1 aliphatic heterocycles. The van der Waals surface area contributed by atoms with Gasteiger partial charge in [-0.1, -0.05) is 0 Å². The Morgan fingerprint density at radius 2 is 2.19 bits per heavy atom. The Bertz CT molecular complexity index is 931. The van der Waals surface area contributed by atoms with Crippen LogP contribution in [0.5, 0.6) is 0 Å². The van der Waals surface area contributed by atoms with E-state index in [1.165, 1.54) is 5.56 Å². The van der Waals surface area contributed by atoms with Gasteiger partial charge in [0.1, 0.15) is 0 Å². The van der Waals surface area contributed by atoms with E-state index in [0.29, 0.717) is 18.1 Å². The van der Waals surface area contributed by atoms with Crippen molar-refractivity contribution in [3.63, 3.8) is 0 Å². The number of esters is 1. The number of fused-ring (bicyclic) bond motifs is 1. The van der Waals surface area contributed by atoms with Gasteiger partial charge in [-0.05, 0) is 76.1 Å². The van der Waals surface area contributed by atoms with Crippen LogP contribution in [-0.4, -0.2) is 29.2 Å². The van der Waals surface area contributed by atoms with Crippen molar-refractivity contribution >= 4 is 11.5 Å². The fourth-order valence-corrected chi connectivity index (χ4v) is 4.35. The molecule has 1 aliphatic carbocycles. The largest absolute Gasteiger partial charge is 0.462 e. The van der Waals surface area contributed by atoms with Gasteiger partial charge in [0, 0.05) is 18.3 Å². The highest BCUT2D eigenvalue weighted by atomic mass is 16.5. The van der Waals surface area contributed by atoms with Crippen molar-refractivity contribution in [3.8, 4) is 6.07 Å². The van der Waals surface area contributed by atoms with Gasteiger partial charge in [-0.15, -0.1) is 0 Å². The van der Waals surface area contributed by atoms with Crippen LogP contribution in [0.25, 0.3) is 5.52 Å².